The second-order valence-corrected chi connectivity index (χ2v) is 7.65. The second-order valence-electron chi connectivity index (χ2n) is 7.65. The number of ether oxygens (including phenoxy) is 2. The highest BCUT2D eigenvalue weighted by atomic mass is 16.5. The summed E-state index contributed by atoms with van der Waals surface area (Å²) in [5.74, 6) is -1.87. The van der Waals surface area contributed by atoms with Gasteiger partial charge in [-0.15, -0.1) is 0 Å². The van der Waals surface area contributed by atoms with Crippen LogP contribution in [0.25, 0.3) is 0 Å². The minimum absolute atomic E-state index is 0.0750. The van der Waals surface area contributed by atoms with Gasteiger partial charge in [0.05, 0.1) is 42.4 Å². The van der Waals surface area contributed by atoms with Gasteiger partial charge in [-0.3, -0.25) is 4.79 Å². The number of carbonyl (C=O) groups excluding carboxylic acids is 3. The van der Waals surface area contributed by atoms with Crippen molar-refractivity contribution in [3.63, 3.8) is 0 Å². The maximum Gasteiger partial charge on any atom is 0.336 e. The van der Waals surface area contributed by atoms with Gasteiger partial charge in [0, 0.05) is 22.5 Å². The average Bonchev–Trinajstić information content (AvgIpc) is 3.13. The van der Waals surface area contributed by atoms with Gasteiger partial charge < -0.3 is 19.3 Å². The minimum atomic E-state index is -0.853. The summed E-state index contributed by atoms with van der Waals surface area (Å²) < 4.78 is 16.2. The molecular formula is C25H28N2O6. The Morgan fingerprint density at radius 3 is 2.00 bits per heavy atom. The van der Waals surface area contributed by atoms with Gasteiger partial charge in [0.25, 0.3) is 0 Å². The van der Waals surface area contributed by atoms with E-state index in [9.17, 15) is 14.4 Å². The third-order valence-corrected chi connectivity index (χ3v) is 5.44. The van der Waals surface area contributed by atoms with Gasteiger partial charge in [0.15, 0.2) is 5.78 Å². The molecule has 1 aliphatic heterocycles. The molecule has 1 aromatic carbocycles. The van der Waals surface area contributed by atoms with E-state index in [-0.39, 0.29) is 42.3 Å². The van der Waals surface area contributed by atoms with E-state index in [2.05, 4.69) is 10.5 Å². The summed E-state index contributed by atoms with van der Waals surface area (Å²) in [4.78, 5) is 38.9. The first-order valence-electron chi connectivity index (χ1n) is 10.9. The van der Waals surface area contributed by atoms with Gasteiger partial charge in [-0.2, -0.15) is 0 Å². The quantitative estimate of drug-likeness (QED) is 0.476. The summed E-state index contributed by atoms with van der Waals surface area (Å²) in [5.41, 5.74) is 3.09. The lowest BCUT2D eigenvalue weighted by molar-refractivity contribution is -0.139. The Hall–Kier alpha value is -3.68. The van der Waals surface area contributed by atoms with Gasteiger partial charge >= 0.3 is 11.9 Å². The fourth-order valence-electron chi connectivity index (χ4n) is 4.03. The van der Waals surface area contributed by atoms with E-state index in [1.807, 2.05) is 6.07 Å². The van der Waals surface area contributed by atoms with Crippen LogP contribution in [-0.2, 0) is 25.5 Å². The topological polar surface area (TPSA) is 108 Å². The summed E-state index contributed by atoms with van der Waals surface area (Å²) in [7, 11) is 0. The minimum Gasteiger partial charge on any atom is -0.463 e. The van der Waals surface area contributed by atoms with Crippen molar-refractivity contribution < 1.29 is 28.4 Å². The predicted molar refractivity (Wildman–Crippen MR) is 120 cm³/mol. The molecule has 2 heterocycles. The third-order valence-electron chi connectivity index (χ3n) is 5.44. The summed E-state index contributed by atoms with van der Waals surface area (Å²) in [5, 5.41) is 7.17. The molecular weight excluding hydrogens is 424 g/mol. The Kier molecular flexibility index (Phi) is 7.48. The van der Waals surface area contributed by atoms with Crippen molar-refractivity contribution in [2.24, 2.45) is 0 Å². The zero-order valence-corrected chi connectivity index (χ0v) is 19.5. The summed E-state index contributed by atoms with van der Waals surface area (Å²) in [6, 6.07) is 8.83. The molecule has 0 saturated heterocycles. The van der Waals surface area contributed by atoms with Gasteiger partial charge in [0.2, 0.25) is 0 Å². The lowest BCUT2D eigenvalue weighted by Crippen LogP contribution is -2.33. The number of Topliss-reactive ketones (excluding diaryl/α,β-unsaturated/α-hetero) is 1. The normalized spacial score (nSPS) is 14.2. The molecule has 0 spiro atoms. The lowest BCUT2D eigenvalue weighted by Gasteiger charge is -2.30. The molecule has 8 heteroatoms. The Bertz CT molecular complexity index is 1090. The largest absolute Gasteiger partial charge is 0.463 e. The zero-order valence-electron chi connectivity index (χ0n) is 19.5. The predicted octanol–water partition coefficient (Wildman–Crippen LogP) is 3.77. The number of dihydropyridines is 1. The van der Waals surface area contributed by atoms with E-state index >= 15 is 0 Å². The maximum absolute atomic E-state index is 13.0. The van der Waals surface area contributed by atoms with Gasteiger partial charge in [-0.1, -0.05) is 35.5 Å². The van der Waals surface area contributed by atoms with Gasteiger partial charge in [-0.05, 0) is 34.6 Å². The number of carbonyl (C=O) groups is 3. The molecule has 1 aromatic heterocycles. The van der Waals surface area contributed by atoms with E-state index in [1.54, 1.807) is 58.9 Å². The number of esters is 2. The zero-order chi connectivity index (χ0) is 24.1. The van der Waals surface area contributed by atoms with E-state index in [0.717, 1.165) is 0 Å². The molecule has 174 valence electrons. The van der Waals surface area contributed by atoms with Crippen LogP contribution in [0.1, 0.15) is 61.0 Å². The molecule has 0 radical (unpaired) electrons. The van der Waals surface area contributed by atoms with Crippen LogP contribution in [0.2, 0.25) is 0 Å². The summed E-state index contributed by atoms with van der Waals surface area (Å²) >= 11 is 0. The fraction of sp³-hybridized carbons (Fsp3) is 0.360. The number of rotatable bonds is 8. The average molecular weight is 453 g/mol. The number of nitrogens with one attached hydrogen (secondary N) is 1. The van der Waals surface area contributed by atoms with Crippen molar-refractivity contribution in [3.05, 3.63) is 75.5 Å². The number of aryl methyl sites for hydroxylation is 1. The van der Waals surface area contributed by atoms with Crippen molar-refractivity contribution in [1.29, 1.82) is 0 Å². The highest BCUT2D eigenvalue weighted by Crippen LogP contribution is 2.42. The van der Waals surface area contributed by atoms with Gasteiger partial charge in [-0.25, -0.2) is 9.59 Å². The smallest absolute Gasteiger partial charge is 0.336 e. The van der Waals surface area contributed by atoms with Crippen molar-refractivity contribution in [3.8, 4) is 0 Å². The maximum atomic E-state index is 13.0. The lowest BCUT2D eigenvalue weighted by atomic mass is 9.79. The first-order chi connectivity index (χ1) is 15.8. The molecule has 1 N–H and O–H groups in total. The van der Waals surface area contributed by atoms with Crippen LogP contribution in [-0.4, -0.2) is 36.1 Å². The van der Waals surface area contributed by atoms with E-state index in [4.69, 9.17) is 14.0 Å². The molecule has 0 unspecified atom stereocenters. The highest BCUT2D eigenvalue weighted by Gasteiger charge is 2.41. The SMILES string of the molecule is CCOC(=O)C1=C(C)NC(C)=C(C(=O)OCC)C1c1c(C)noc1CC(=O)c1ccccc1. The molecule has 0 bridgehead atoms. The van der Waals surface area contributed by atoms with Crippen LogP contribution in [0.4, 0.5) is 0 Å². The van der Waals surface area contributed by atoms with Gasteiger partial charge in [0.1, 0.15) is 5.76 Å². The van der Waals surface area contributed by atoms with Crippen LogP contribution in [0.5, 0.6) is 0 Å². The van der Waals surface area contributed by atoms with Crippen molar-refractivity contribution in [1.82, 2.24) is 10.5 Å². The number of hydrogen-bond donors (Lipinski definition) is 1. The standard InChI is InChI=1S/C25H28N2O6/c1-6-31-24(29)21-14(3)26-15(4)22(25(30)32-7-2)23(21)20-16(5)27-33-19(20)13-18(28)17-11-9-8-10-12-17/h8-12,23,26H,6-7,13H2,1-5H3. The van der Waals surface area contributed by atoms with Crippen LogP contribution >= 0.6 is 0 Å². The molecule has 2 aromatic rings. The third kappa shape index (κ3) is 4.89. The van der Waals surface area contributed by atoms with Crippen LogP contribution in [0.15, 0.2) is 57.4 Å². The molecule has 8 nitrogen and oxygen atoms in total. The molecule has 0 saturated carbocycles. The number of allylic oxidation sites excluding steroid dienone is 2. The molecule has 0 atom stereocenters. The summed E-state index contributed by atoms with van der Waals surface area (Å²) in [6.07, 6.45) is -0.0750. The second kappa shape index (κ2) is 10.3. The first kappa shape index (κ1) is 24.0. The number of nitrogens with zero attached hydrogens (tertiary/aromatic N) is 1. The van der Waals surface area contributed by atoms with E-state index < -0.39 is 17.9 Å². The van der Waals surface area contributed by atoms with E-state index in [1.165, 1.54) is 0 Å². The highest BCUT2D eigenvalue weighted by molar-refractivity contribution is 6.01. The van der Waals surface area contributed by atoms with Crippen LogP contribution in [0.3, 0.4) is 0 Å². The Labute approximate surface area is 192 Å². The number of benzene rings is 1. The molecule has 1 aliphatic rings. The monoisotopic (exact) mass is 452 g/mol. The van der Waals surface area contributed by atoms with Crippen LogP contribution in [0, 0.1) is 6.92 Å². The Balaban J connectivity index is 2.15. The molecule has 0 amide bonds. The number of hydrogen-bond acceptors (Lipinski definition) is 8. The van der Waals surface area contributed by atoms with E-state index in [0.29, 0.717) is 28.2 Å². The Morgan fingerprint density at radius 2 is 1.48 bits per heavy atom. The number of aromatic nitrogens is 1. The van der Waals surface area contributed by atoms with Crippen LogP contribution < -0.4 is 5.32 Å². The first-order valence-corrected chi connectivity index (χ1v) is 10.9. The van der Waals surface area contributed by atoms with Crippen molar-refractivity contribution in [2.45, 2.75) is 47.0 Å². The fourth-order valence-corrected chi connectivity index (χ4v) is 4.03. The Morgan fingerprint density at radius 1 is 0.939 bits per heavy atom. The van der Waals surface area contributed by atoms with Crippen molar-refractivity contribution >= 4 is 17.7 Å². The summed E-state index contributed by atoms with van der Waals surface area (Å²) in [6.45, 7) is 8.95. The molecule has 3 rings (SSSR count). The molecule has 33 heavy (non-hydrogen) atoms. The van der Waals surface area contributed by atoms with Crippen molar-refractivity contribution in [2.75, 3.05) is 13.2 Å². The number of ketones is 1. The molecule has 0 aliphatic carbocycles. The molecule has 0 fully saturated rings.